The lowest BCUT2D eigenvalue weighted by Gasteiger charge is -2.19. The van der Waals surface area contributed by atoms with Gasteiger partial charge in [-0.3, -0.25) is 0 Å². The molecule has 0 fully saturated rings. The van der Waals surface area contributed by atoms with E-state index in [-0.39, 0.29) is 10.8 Å². The summed E-state index contributed by atoms with van der Waals surface area (Å²) in [6, 6.07) is 43.5. The van der Waals surface area contributed by atoms with E-state index >= 15 is 0 Å². The molecule has 1 aromatic heterocycles. The van der Waals surface area contributed by atoms with Crippen molar-refractivity contribution in [2.24, 2.45) is 0 Å². The van der Waals surface area contributed by atoms with Gasteiger partial charge >= 0.3 is 0 Å². The van der Waals surface area contributed by atoms with Gasteiger partial charge in [0.05, 0.1) is 16.1 Å². The molecule has 0 aliphatic heterocycles. The normalized spacial score (nSPS) is 12.6. The first-order valence-electron chi connectivity index (χ1n) is 13.7. The number of aromatic nitrogens is 1. The van der Waals surface area contributed by atoms with Crippen molar-refractivity contribution in [3.8, 4) is 11.3 Å². The van der Waals surface area contributed by atoms with Crippen LogP contribution >= 0.6 is 0 Å². The van der Waals surface area contributed by atoms with Crippen molar-refractivity contribution in [2.45, 2.75) is 24.7 Å². The Morgan fingerprint density at radius 1 is 0.634 bits per heavy atom. The fourth-order valence-corrected chi connectivity index (χ4v) is 6.96. The maximum absolute atomic E-state index is 14.5. The van der Waals surface area contributed by atoms with Gasteiger partial charge in [-0.15, -0.1) is 0 Å². The van der Waals surface area contributed by atoms with E-state index in [0.29, 0.717) is 11.2 Å². The van der Waals surface area contributed by atoms with Crippen molar-refractivity contribution < 1.29 is 8.42 Å². The SMILES string of the molecule is Cc1ccc(-c2c(C(/C=C/c3ccccc3)c3ccccc3)c3ccccc3n2S(=O)(=O)c2ccc(C)cc2)cc1. The number of nitrogens with zero attached hydrogens (tertiary/aromatic N) is 1. The van der Waals surface area contributed by atoms with Gasteiger partial charge in [-0.2, -0.15) is 0 Å². The van der Waals surface area contributed by atoms with E-state index in [1.54, 1.807) is 16.1 Å². The van der Waals surface area contributed by atoms with Crippen LogP contribution in [0.15, 0.2) is 144 Å². The molecule has 1 heterocycles. The molecule has 3 nitrogen and oxygen atoms in total. The second kappa shape index (κ2) is 11.1. The Hall–Kier alpha value is -4.67. The lowest BCUT2D eigenvalue weighted by atomic mass is 9.87. The number of allylic oxidation sites excluding steroid dienone is 1. The van der Waals surface area contributed by atoms with E-state index in [1.165, 1.54) is 0 Å². The van der Waals surface area contributed by atoms with Crippen LogP contribution in [0, 0.1) is 13.8 Å². The number of aryl methyl sites for hydroxylation is 2. The van der Waals surface area contributed by atoms with Gasteiger partial charge in [-0.25, -0.2) is 12.4 Å². The third-order valence-electron chi connectivity index (χ3n) is 7.51. The van der Waals surface area contributed by atoms with Crippen LogP contribution in [-0.2, 0) is 10.0 Å². The summed E-state index contributed by atoms with van der Waals surface area (Å²) in [4.78, 5) is 0.264. The van der Waals surface area contributed by atoms with Gasteiger partial charge in [-0.1, -0.05) is 139 Å². The zero-order valence-electron chi connectivity index (χ0n) is 23.1. The third-order valence-corrected chi connectivity index (χ3v) is 9.23. The Kier molecular flexibility index (Phi) is 7.17. The monoisotopic (exact) mass is 553 g/mol. The van der Waals surface area contributed by atoms with E-state index in [2.05, 4.69) is 36.4 Å². The largest absolute Gasteiger partial charge is 0.268 e. The predicted octanol–water partition coefficient (Wildman–Crippen LogP) is 9.01. The minimum absolute atomic E-state index is 0.202. The molecule has 0 radical (unpaired) electrons. The summed E-state index contributed by atoms with van der Waals surface area (Å²) < 4.78 is 30.6. The molecule has 0 bridgehead atoms. The van der Waals surface area contributed by atoms with Gasteiger partial charge in [0.1, 0.15) is 0 Å². The van der Waals surface area contributed by atoms with E-state index in [0.717, 1.165) is 38.8 Å². The molecule has 5 aromatic carbocycles. The molecule has 0 amide bonds. The number of fused-ring (bicyclic) bond motifs is 1. The topological polar surface area (TPSA) is 39.1 Å². The molecule has 0 N–H and O–H groups in total. The Labute approximate surface area is 242 Å². The molecule has 0 saturated carbocycles. The second-order valence-electron chi connectivity index (χ2n) is 10.4. The third kappa shape index (κ3) is 5.15. The molecule has 4 heteroatoms. The average molecular weight is 554 g/mol. The Balaban J connectivity index is 1.71. The van der Waals surface area contributed by atoms with Gasteiger partial charge in [-0.05, 0) is 54.3 Å². The van der Waals surface area contributed by atoms with Gasteiger partial charge in [0, 0.05) is 11.3 Å². The molecular weight excluding hydrogens is 522 g/mol. The summed E-state index contributed by atoms with van der Waals surface area (Å²) in [6.07, 6.45) is 4.31. The highest BCUT2D eigenvalue weighted by Gasteiger charge is 2.31. The van der Waals surface area contributed by atoms with Crippen LogP contribution in [0.3, 0.4) is 0 Å². The van der Waals surface area contributed by atoms with Gasteiger partial charge in [0.2, 0.25) is 0 Å². The Morgan fingerprint density at radius 2 is 1.20 bits per heavy atom. The number of para-hydroxylation sites is 1. The first kappa shape index (κ1) is 26.5. The van der Waals surface area contributed by atoms with Crippen LogP contribution in [0.4, 0.5) is 0 Å². The van der Waals surface area contributed by atoms with Crippen LogP contribution in [0.2, 0.25) is 0 Å². The minimum atomic E-state index is -3.94. The van der Waals surface area contributed by atoms with Crippen LogP contribution in [0.1, 0.15) is 33.7 Å². The predicted molar refractivity (Wildman–Crippen MR) is 170 cm³/mol. The van der Waals surface area contributed by atoms with E-state index in [1.807, 2.05) is 111 Å². The quantitative estimate of drug-likeness (QED) is 0.198. The van der Waals surface area contributed by atoms with Crippen molar-refractivity contribution in [1.82, 2.24) is 3.97 Å². The minimum Gasteiger partial charge on any atom is -0.233 e. The summed E-state index contributed by atoms with van der Waals surface area (Å²) in [7, 11) is -3.94. The van der Waals surface area contributed by atoms with E-state index < -0.39 is 10.0 Å². The number of benzene rings is 5. The smallest absolute Gasteiger partial charge is 0.233 e. The van der Waals surface area contributed by atoms with Crippen molar-refractivity contribution in [3.05, 3.63) is 167 Å². The molecule has 6 aromatic rings. The summed E-state index contributed by atoms with van der Waals surface area (Å²) in [5, 5.41) is 0.908. The molecule has 6 rings (SSSR count). The Morgan fingerprint density at radius 3 is 1.85 bits per heavy atom. The fourth-order valence-electron chi connectivity index (χ4n) is 5.41. The molecule has 0 aliphatic carbocycles. The van der Waals surface area contributed by atoms with E-state index in [9.17, 15) is 8.42 Å². The van der Waals surface area contributed by atoms with Crippen molar-refractivity contribution in [3.63, 3.8) is 0 Å². The average Bonchev–Trinajstić information content (AvgIpc) is 3.35. The fraction of sp³-hybridized carbons (Fsp3) is 0.0811. The molecule has 1 atom stereocenters. The summed E-state index contributed by atoms with van der Waals surface area (Å²) >= 11 is 0. The van der Waals surface area contributed by atoms with Gasteiger partial charge < -0.3 is 0 Å². The Bertz CT molecular complexity index is 1940. The highest BCUT2D eigenvalue weighted by atomic mass is 32.2. The molecule has 41 heavy (non-hydrogen) atoms. The lowest BCUT2D eigenvalue weighted by molar-refractivity contribution is 0.589. The number of hydrogen-bond donors (Lipinski definition) is 0. The van der Waals surface area contributed by atoms with Crippen LogP contribution in [0.25, 0.3) is 28.2 Å². The van der Waals surface area contributed by atoms with Crippen LogP contribution < -0.4 is 0 Å². The summed E-state index contributed by atoms with van der Waals surface area (Å²) in [5.74, 6) is -0.202. The molecule has 1 unspecified atom stereocenters. The summed E-state index contributed by atoms with van der Waals surface area (Å²) in [5.41, 5.74) is 7.44. The first-order chi connectivity index (χ1) is 19.9. The lowest BCUT2D eigenvalue weighted by Crippen LogP contribution is -2.15. The standard InChI is InChI=1S/C37H31NO2S/c1-27-17-22-31(23-18-27)37-36(33(30-13-7-4-8-14-30)26-21-29-11-5-3-6-12-29)34-15-9-10-16-35(34)38(37)41(39,40)32-24-19-28(2)20-25-32/h3-26,33H,1-2H3/b26-21+. The maximum atomic E-state index is 14.5. The van der Waals surface area contributed by atoms with Crippen molar-refractivity contribution >= 4 is 27.0 Å². The highest BCUT2D eigenvalue weighted by molar-refractivity contribution is 7.90. The summed E-state index contributed by atoms with van der Waals surface area (Å²) in [6.45, 7) is 4.00. The molecule has 0 spiro atoms. The van der Waals surface area contributed by atoms with Crippen molar-refractivity contribution in [2.75, 3.05) is 0 Å². The highest BCUT2D eigenvalue weighted by Crippen LogP contribution is 2.43. The number of hydrogen-bond acceptors (Lipinski definition) is 2. The van der Waals surface area contributed by atoms with Crippen LogP contribution in [-0.4, -0.2) is 12.4 Å². The van der Waals surface area contributed by atoms with Crippen LogP contribution in [0.5, 0.6) is 0 Å². The molecule has 202 valence electrons. The van der Waals surface area contributed by atoms with Gasteiger partial charge in [0.25, 0.3) is 10.0 Å². The van der Waals surface area contributed by atoms with E-state index in [4.69, 9.17) is 0 Å². The van der Waals surface area contributed by atoms with Gasteiger partial charge in [0.15, 0.2) is 0 Å². The zero-order chi connectivity index (χ0) is 28.4. The first-order valence-corrected chi connectivity index (χ1v) is 15.2. The maximum Gasteiger partial charge on any atom is 0.268 e. The second-order valence-corrected chi connectivity index (χ2v) is 12.2. The number of rotatable bonds is 7. The molecule has 0 saturated heterocycles. The zero-order valence-corrected chi connectivity index (χ0v) is 23.9. The molecular formula is C37H31NO2S. The van der Waals surface area contributed by atoms with Crippen molar-refractivity contribution in [1.29, 1.82) is 0 Å². The molecule has 0 aliphatic rings.